The Labute approximate surface area is 141 Å². The average molecular weight is 363 g/mol. The van der Waals surface area contributed by atoms with Gasteiger partial charge in [0.2, 0.25) is 5.91 Å². The maximum Gasteiger partial charge on any atom is 0.267 e. The number of aromatic nitrogens is 3. The molecule has 10 heteroatoms. The van der Waals surface area contributed by atoms with Crippen molar-refractivity contribution in [3.05, 3.63) is 33.6 Å². The molecule has 2 amide bonds. The first-order valence-electron chi connectivity index (χ1n) is 6.49. The maximum absolute atomic E-state index is 12.3. The quantitative estimate of drug-likeness (QED) is 0.581. The van der Waals surface area contributed by atoms with Crippen LogP contribution in [0.5, 0.6) is 0 Å². The van der Waals surface area contributed by atoms with Crippen molar-refractivity contribution in [3.63, 3.8) is 0 Å². The van der Waals surface area contributed by atoms with Gasteiger partial charge in [-0.1, -0.05) is 0 Å². The monoisotopic (exact) mass is 363 g/mol. The van der Waals surface area contributed by atoms with Crippen LogP contribution in [0, 0.1) is 0 Å². The van der Waals surface area contributed by atoms with Gasteiger partial charge in [-0.3, -0.25) is 19.3 Å². The van der Waals surface area contributed by atoms with Crippen LogP contribution in [0.3, 0.4) is 0 Å². The van der Waals surface area contributed by atoms with Crippen molar-refractivity contribution in [2.75, 3.05) is 5.32 Å². The van der Waals surface area contributed by atoms with Crippen LogP contribution in [0.2, 0.25) is 0 Å². The van der Waals surface area contributed by atoms with E-state index in [0.29, 0.717) is 15.7 Å². The maximum atomic E-state index is 12.3. The van der Waals surface area contributed by atoms with Crippen LogP contribution < -0.4 is 11.1 Å². The lowest BCUT2D eigenvalue weighted by molar-refractivity contribution is -0.117. The molecular formula is C13H9N5O2S3. The minimum Gasteiger partial charge on any atom is -0.369 e. The van der Waals surface area contributed by atoms with Crippen molar-refractivity contribution in [1.29, 1.82) is 0 Å². The molecule has 4 rings (SSSR count). The number of rotatable bonds is 4. The lowest BCUT2D eigenvalue weighted by Crippen LogP contribution is -2.14. The van der Waals surface area contributed by atoms with Crippen molar-refractivity contribution in [1.82, 2.24) is 14.4 Å². The predicted molar refractivity (Wildman–Crippen MR) is 91.4 cm³/mol. The number of primary amides is 1. The normalized spacial score (nSPS) is 11.3. The van der Waals surface area contributed by atoms with E-state index in [0.717, 1.165) is 15.3 Å². The summed E-state index contributed by atoms with van der Waals surface area (Å²) in [5, 5.41) is 6.84. The van der Waals surface area contributed by atoms with Crippen molar-refractivity contribution in [3.8, 4) is 0 Å². The number of amides is 2. The van der Waals surface area contributed by atoms with E-state index < -0.39 is 5.91 Å². The smallest absolute Gasteiger partial charge is 0.267 e. The number of imidazole rings is 1. The number of carbonyl (C=O) groups excluding carboxylic acids is 2. The highest BCUT2D eigenvalue weighted by atomic mass is 32.1. The Kier molecular flexibility index (Phi) is 3.36. The first-order chi connectivity index (χ1) is 11.1. The molecule has 0 saturated heterocycles. The summed E-state index contributed by atoms with van der Waals surface area (Å²) < 4.78 is 1.96. The van der Waals surface area contributed by atoms with Gasteiger partial charge in [-0.2, -0.15) is 0 Å². The molecule has 0 aliphatic rings. The fourth-order valence-electron chi connectivity index (χ4n) is 2.14. The Morgan fingerprint density at radius 1 is 1.30 bits per heavy atom. The third-order valence-electron chi connectivity index (χ3n) is 3.09. The Bertz CT molecular complexity index is 1040. The standard InChI is InChI=1S/C13H9N5O2S3/c14-9(19)3-6-5-22-12(15-6)16-10(20)8-4-7-11(23-8)17-13-18(7)1-2-21-13/h1-2,4-5H,3H2,(H2,14,19)(H,15,16,20). The molecule has 4 aromatic heterocycles. The van der Waals surface area contributed by atoms with Crippen molar-refractivity contribution in [2.45, 2.75) is 6.42 Å². The second-order valence-corrected chi connectivity index (χ2v) is 7.47. The van der Waals surface area contributed by atoms with Crippen LogP contribution in [0.25, 0.3) is 15.3 Å². The van der Waals surface area contributed by atoms with Crippen LogP contribution in [0.4, 0.5) is 5.13 Å². The third kappa shape index (κ3) is 2.60. The fraction of sp³-hybridized carbons (Fsp3) is 0.0769. The first-order valence-corrected chi connectivity index (χ1v) is 9.07. The van der Waals surface area contributed by atoms with Crippen LogP contribution in [-0.2, 0) is 11.2 Å². The van der Waals surface area contributed by atoms with E-state index in [2.05, 4.69) is 15.3 Å². The summed E-state index contributed by atoms with van der Waals surface area (Å²) in [4.78, 5) is 34.1. The number of nitrogens with two attached hydrogens (primary N) is 1. The zero-order valence-corrected chi connectivity index (χ0v) is 13.9. The summed E-state index contributed by atoms with van der Waals surface area (Å²) in [6, 6.07) is 1.82. The summed E-state index contributed by atoms with van der Waals surface area (Å²) in [6.45, 7) is 0. The number of hydrogen-bond donors (Lipinski definition) is 2. The summed E-state index contributed by atoms with van der Waals surface area (Å²) in [7, 11) is 0. The zero-order chi connectivity index (χ0) is 16.0. The van der Waals surface area contributed by atoms with E-state index in [1.54, 1.807) is 16.7 Å². The number of nitrogens with one attached hydrogen (secondary N) is 1. The van der Waals surface area contributed by atoms with Gasteiger partial charge in [0.15, 0.2) is 10.1 Å². The lowest BCUT2D eigenvalue weighted by atomic mass is 10.3. The summed E-state index contributed by atoms with van der Waals surface area (Å²) in [6.07, 6.45) is 2.00. The van der Waals surface area contributed by atoms with Gasteiger partial charge in [0, 0.05) is 17.0 Å². The van der Waals surface area contributed by atoms with Gasteiger partial charge in [-0.25, -0.2) is 9.97 Å². The van der Waals surface area contributed by atoms with Gasteiger partial charge in [0.1, 0.15) is 4.83 Å². The first kappa shape index (κ1) is 14.3. The highest BCUT2D eigenvalue weighted by molar-refractivity contribution is 7.21. The molecular weight excluding hydrogens is 354 g/mol. The number of hydrogen-bond acceptors (Lipinski definition) is 7. The van der Waals surface area contributed by atoms with Gasteiger partial charge < -0.3 is 5.73 Å². The van der Waals surface area contributed by atoms with Crippen LogP contribution >= 0.6 is 34.0 Å². The van der Waals surface area contributed by atoms with E-state index in [4.69, 9.17) is 5.73 Å². The van der Waals surface area contributed by atoms with E-state index in [1.165, 1.54) is 22.7 Å². The third-order valence-corrected chi connectivity index (χ3v) is 5.67. The lowest BCUT2D eigenvalue weighted by Gasteiger charge is -1.97. The zero-order valence-electron chi connectivity index (χ0n) is 11.5. The van der Waals surface area contributed by atoms with E-state index in [9.17, 15) is 9.59 Å². The van der Waals surface area contributed by atoms with Crippen LogP contribution in [-0.4, -0.2) is 26.2 Å². The number of nitrogens with zero attached hydrogens (tertiary/aromatic N) is 3. The van der Waals surface area contributed by atoms with E-state index in [-0.39, 0.29) is 12.3 Å². The Morgan fingerprint density at radius 3 is 3.00 bits per heavy atom. The molecule has 7 nitrogen and oxygen atoms in total. The second kappa shape index (κ2) is 5.41. The Hall–Kier alpha value is -2.30. The molecule has 0 spiro atoms. The molecule has 0 saturated carbocycles. The van der Waals surface area contributed by atoms with Gasteiger partial charge in [-0.15, -0.1) is 34.0 Å². The molecule has 0 fully saturated rings. The average Bonchev–Trinajstić information content (AvgIpc) is 3.19. The van der Waals surface area contributed by atoms with Crippen molar-refractivity contribution >= 4 is 66.3 Å². The molecule has 4 aromatic rings. The Morgan fingerprint density at radius 2 is 2.17 bits per heavy atom. The fourth-order valence-corrected chi connectivity index (χ4v) is 4.54. The highest BCUT2D eigenvalue weighted by Crippen LogP contribution is 2.29. The van der Waals surface area contributed by atoms with Gasteiger partial charge in [0.05, 0.1) is 22.5 Å². The number of thiazole rings is 2. The summed E-state index contributed by atoms with van der Waals surface area (Å²) in [5.41, 5.74) is 6.60. The van der Waals surface area contributed by atoms with Gasteiger partial charge >= 0.3 is 0 Å². The molecule has 0 unspecified atom stereocenters. The van der Waals surface area contributed by atoms with Crippen LogP contribution in [0.15, 0.2) is 23.0 Å². The molecule has 0 aliphatic heterocycles. The summed E-state index contributed by atoms with van der Waals surface area (Å²) in [5.74, 6) is -0.690. The highest BCUT2D eigenvalue weighted by Gasteiger charge is 2.16. The number of anilines is 1. The predicted octanol–water partition coefficient (Wildman–Crippen LogP) is 2.35. The largest absolute Gasteiger partial charge is 0.369 e. The van der Waals surface area contributed by atoms with Crippen molar-refractivity contribution in [2.24, 2.45) is 5.73 Å². The van der Waals surface area contributed by atoms with Crippen LogP contribution in [0.1, 0.15) is 15.4 Å². The summed E-state index contributed by atoms with van der Waals surface area (Å²) >= 11 is 4.15. The number of thiophene rings is 1. The van der Waals surface area contributed by atoms with Gasteiger partial charge in [0.25, 0.3) is 5.91 Å². The second-order valence-electron chi connectivity index (χ2n) is 4.71. The molecule has 4 heterocycles. The molecule has 3 N–H and O–H groups in total. The molecule has 0 radical (unpaired) electrons. The van der Waals surface area contributed by atoms with E-state index in [1.807, 2.05) is 22.0 Å². The topological polar surface area (TPSA) is 102 Å². The van der Waals surface area contributed by atoms with Crippen molar-refractivity contribution < 1.29 is 9.59 Å². The molecule has 0 aliphatic carbocycles. The van der Waals surface area contributed by atoms with Gasteiger partial charge in [-0.05, 0) is 6.07 Å². The number of fused-ring (bicyclic) bond motifs is 3. The van der Waals surface area contributed by atoms with E-state index >= 15 is 0 Å². The minimum atomic E-state index is -0.451. The Balaban J connectivity index is 1.57. The molecule has 0 aromatic carbocycles. The SMILES string of the molecule is NC(=O)Cc1csc(NC(=O)c2cc3c(nc4sccn43)s2)n1. The minimum absolute atomic E-state index is 0.0656. The number of carbonyl (C=O) groups is 2. The molecule has 0 atom stereocenters. The molecule has 116 valence electrons. The molecule has 0 bridgehead atoms. The molecule has 23 heavy (non-hydrogen) atoms.